The molecule has 110 valence electrons. The lowest BCUT2D eigenvalue weighted by molar-refractivity contribution is -0.121. The van der Waals surface area contributed by atoms with E-state index in [4.69, 9.17) is 16.3 Å². The predicted octanol–water partition coefficient (Wildman–Crippen LogP) is 3.29. The Labute approximate surface area is 126 Å². The second-order valence-corrected chi connectivity index (χ2v) is 5.35. The van der Waals surface area contributed by atoms with Crippen LogP contribution in [0, 0.1) is 6.92 Å². The van der Waals surface area contributed by atoms with Gasteiger partial charge in [-0.1, -0.05) is 35.9 Å². The number of aryl methyl sites for hydroxylation is 2. The number of nitrogens with one attached hydrogen (secondary N) is 1. The van der Waals surface area contributed by atoms with Gasteiger partial charge < -0.3 is 10.1 Å². The van der Waals surface area contributed by atoms with E-state index in [1.54, 1.807) is 0 Å². The SMILES string of the molecule is C=C(C)COCCNC(=O)CCc1ccc(C)c(Cl)c1. The summed E-state index contributed by atoms with van der Waals surface area (Å²) in [4.78, 5) is 11.6. The summed E-state index contributed by atoms with van der Waals surface area (Å²) in [5.41, 5.74) is 3.11. The number of halogens is 1. The quantitative estimate of drug-likeness (QED) is 0.590. The van der Waals surface area contributed by atoms with Crippen LogP contribution < -0.4 is 5.32 Å². The van der Waals surface area contributed by atoms with Gasteiger partial charge in [0.05, 0.1) is 13.2 Å². The van der Waals surface area contributed by atoms with Crippen LogP contribution in [-0.2, 0) is 16.0 Å². The van der Waals surface area contributed by atoms with E-state index in [0.29, 0.717) is 32.6 Å². The highest BCUT2D eigenvalue weighted by molar-refractivity contribution is 6.31. The molecular weight excluding hydrogens is 274 g/mol. The van der Waals surface area contributed by atoms with Crippen LogP contribution in [0.3, 0.4) is 0 Å². The van der Waals surface area contributed by atoms with Crippen LogP contribution in [0.5, 0.6) is 0 Å². The maximum absolute atomic E-state index is 11.6. The van der Waals surface area contributed by atoms with Crippen molar-refractivity contribution in [2.24, 2.45) is 0 Å². The number of rotatable bonds is 8. The van der Waals surface area contributed by atoms with Crippen LogP contribution in [0.2, 0.25) is 5.02 Å². The number of hydrogen-bond acceptors (Lipinski definition) is 2. The van der Waals surface area contributed by atoms with Crippen molar-refractivity contribution in [2.75, 3.05) is 19.8 Å². The molecule has 4 heteroatoms. The van der Waals surface area contributed by atoms with Crippen molar-refractivity contribution in [1.29, 1.82) is 0 Å². The molecule has 0 aliphatic rings. The summed E-state index contributed by atoms with van der Waals surface area (Å²) in [5.74, 6) is 0.0284. The molecule has 1 aromatic carbocycles. The Morgan fingerprint density at radius 2 is 2.20 bits per heavy atom. The highest BCUT2D eigenvalue weighted by Crippen LogP contribution is 2.17. The summed E-state index contributed by atoms with van der Waals surface area (Å²) in [6.45, 7) is 9.19. The monoisotopic (exact) mass is 295 g/mol. The fourth-order valence-corrected chi connectivity index (χ4v) is 1.85. The zero-order valence-electron chi connectivity index (χ0n) is 12.2. The van der Waals surface area contributed by atoms with E-state index >= 15 is 0 Å². The summed E-state index contributed by atoms with van der Waals surface area (Å²) in [6.07, 6.45) is 1.15. The normalized spacial score (nSPS) is 10.3. The molecule has 0 unspecified atom stereocenters. The Morgan fingerprint density at radius 1 is 1.45 bits per heavy atom. The minimum absolute atomic E-state index is 0.0284. The highest BCUT2D eigenvalue weighted by Gasteiger charge is 2.03. The van der Waals surface area contributed by atoms with Gasteiger partial charge in [-0.15, -0.1) is 0 Å². The third-order valence-corrected chi connectivity index (χ3v) is 3.20. The van der Waals surface area contributed by atoms with Crippen molar-refractivity contribution in [3.8, 4) is 0 Å². The van der Waals surface area contributed by atoms with E-state index in [1.807, 2.05) is 32.0 Å². The molecule has 0 spiro atoms. The van der Waals surface area contributed by atoms with Crippen molar-refractivity contribution in [2.45, 2.75) is 26.7 Å². The predicted molar refractivity (Wildman–Crippen MR) is 83.2 cm³/mol. The molecule has 0 radical (unpaired) electrons. The molecule has 1 aromatic rings. The molecule has 0 heterocycles. The van der Waals surface area contributed by atoms with Crippen molar-refractivity contribution in [3.63, 3.8) is 0 Å². The molecule has 0 saturated carbocycles. The van der Waals surface area contributed by atoms with Gasteiger partial charge in [0.15, 0.2) is 0 Å². The lowest BCUT2D eigenvalue weighted by Gasteiger charge is -2.07. The summed E-state index contributed by atoms with van der Waals surface area (Å²) >= 11 is 6.05. The molecule has 0 atom stereocenters. The minimum Gasteiger partial charge on any atom is -0.375 e. The maximum Gasteiger partial charge on any atom is 0.220 e. The Hall–Kier alpha value is -1.32. The van der Waals surface area contributed by atoms with Gasteiger partial charge in [0, 0.05) is 18.0 Å². The van der Waals surface area contributed by atoms with Gasteiger partial charge in [-0.25, -0.2) is 0 Å². The summed E-state index contributed by atoms with van der Waals surface area (Å²) in [7, 11) is 0. The number of benzene rings is 1. The van der Waals surface area contributed by atoms with Crippen molar-refractivity contribution in [3.05, 3.63) is 46.5 Å². The van der Waals surface area contributed by atoms with E-state index in [1.165, 1.54) is 0 Å². The molecular formula is C16H22ClNO2. The number of carbonyl (C=O) groups is 1. The first kappa shape index (κ1) is 16.7. The zero-order valence-corrected chi connectivity index (χ0v) is 12.9. The first-order chi connectivity index (χ1) is 9.49. The Balaban J connectivity index is 2.19. The highest BCUT2D eigenvalue weighted by atomic mass is 35.5. The molecule has 0 saturated heterocycles. The van der Waals surface area contributed by atoms with Gasteiger partial charge in [-0.2, -0.15) is 0 Å². The minimum atomic E-state index is 0.0284. The fraction of sp³-hybridized carbons (Fsp3) is 0.438. The third kappa shape index (κ3) is 6.73. The number of carbonyl (C=O) groups excluding carboxylic acids is 1. The molecule has 1 amide bonds. The Bertz CT molecular complexity index is 472. The van der Waals surface area contributed by atoms with Crippen LogP contribution in [0.1, 0.15) is 24.5 Å². The lowest BCUT2D eigenvalue weighted by atomic mass is 10.1. The number of hydrogen-bond donors (Lipinski definition) is 1. The average Bonchev–Trinajstić information content (AvgIpc) is 2.39. The largest absolute Gasteiger partial charge is 0.375 e. The van der Waals surface area contributed by atoms with Gasteiger partial charge in [0.25, 0.3) is 0 Å². The van der Waals surface area contributed by atoms with Gasteiger partial charge in [-0.05, 0) is 37.5 Å². The van der Waals surface area contributed by atoms with Crippen molar-refractivity contribution >= 4 is 17.5 Å². The smallest absolute Gasteiger partial charge is 0.220 e. The zero-order chi connectivity index (χ0) is 15.0. The first-order valence-corrected chi connectivity index (χ1v) is 7.10. The van der Waals surface area contributed by atoms with Gasteiger partial charge >= 0.3 is 0 Å². The van der Waals surface area contributed by atoms with Crippen LogP contribution >= 0.6 is 11.6 Å². The summed E-state index contributed by atoms with van der Waals surface area (Å²) in [5, 5.41) is 3.57. The van der Waals surface area contributed by atoms with Crippen LogP contribution in [-0.4, -0.2) is 25.7 Å². The molecule has 0 aromatic heterocycles. The molecule has 0 aliphatic heterocycles. The van der Waals surface area contributed by atoms with Crippen LogP contribution in [0.25, 0.3) is 0 Å². The first-order valence-electron chi connectivity index (χ1n) is 6.73. The van der Waals surface area contributed by atoms with Gasteiger partial charge in [0.2, 0.25) is 5.91 Å². The number of amides is 1. The second kappa shape index (κ2) is 8.77. The van der Waals surface area contributed by atoms with Gasteiger partial charge in [0.1, 0.15) is 0 Å². The molecule has 3 nitrogen and oxygen atoms in total. The topological polar surface area (TPSA) is 38.3 Å². The van der Waals surface area contributed by atoms with E-state index in [0.717, 1.165) is 21.7 Å². The number of ether oxygens (including phenoxy) is 1. The summed E-state index contributed by atoms with van der Waals surface area (Å²) < 4.78 is 5.31. The van der Waals surface area contributed by atoms with Crippen LogP contribution in [0.4, 0.5) is 0 Å². The molecule has 0 bridgehead atoms. The molecule has 1 N–H and O–H groups in total. The lowest BCUT2D eigenvalue weighted by Crippen LogP contribution is -2.27. The van der Waals surface area contributed by atoms with Gasteiger partial charge in [-0.3, -0.25) is 4.79 Å². The third-order valence-electron chi connectivity index (χ3n) is 2.79. The van der Waals surface area contributed by atoms with E-state index in [2.05, 4.69) is 11.9 Å². The Kier molecular flexibility index (Phi) is 7.34. The van der Waals surface area contributed by atoms with Crippen molar-refractivity contribution < 1.29 is 9.53 Å². The van der Waals surface area contributed by atoms with E-state index in [9.17, 15) is 4.79 Å². The second-order valence-electron chi connectivity index (χ2n) is 4.94. The standard InChI is InChI=1S/C16H22ClNO2/c1-12(2)11-20-9-8-18-16(19)7-6-14-5-4-13(3)15(17)10-14/h4-5,10H,1,6-9,11H2,2-3H3,(H,18,19). The van der Waals surface area contributed by atoms with E-state index in [-0.39, 0.29) is 5.91 Å². The summed E-state index contributed by atoms with van der Waals surface area (Å²) in [6, 6.07) is 5.89. The maximum atomic E-state index is 11.6. The molecule has 1 rings (SSSR count). The molecule has 0 aliphatic carbocycles. The molecule has 0 fully saturated rings. The van der Waals surface area contributed by atoms with E-state index < -0.39 is 0 Å². The molecule has 20 heavy (non-hydrogen) atoms. The van der Waals surface area contributed by atoms with Crippen molar-refractivity contribution in [1.82, 2.24) is 5.32 Å². The average molecular weight is 296 g/mol. The van der Waals surface area contributed by atoms with Crippen LogP contribution in [0.15, 0.2) is 30.4 Å². The Morgan fingerprint density at radius 3 is 2.85 bits per heavy atom. The fourth-order valence-electron chi connectivity index (χ4n) is 1.65.